The molecule has 3 aromatic heterocycles. The maximum atomic E-state index is 14.5. The summed E-state index contributed by atoms with van der Waals surface area (Å²) in [4.78, 5) is 42.2. The number of fused-ring (bicyclic) bond motifs is 1. The summed E-state index contributed by atoms with van der Waals surface area (Å²) in [5, 5.41) is 12.2. The van der Waals surface area contributed by atoms with Gasteiger partial charge in [0.25, 0.3) is 5.56 Å². The number of benzene rings is 1. The van der Waals surface area contributed by atoms with Crippen molar-refractivity contribution in [2.45, 2.75) is 44.9 Å². The van der Waals surface area contributed by atoms with Crippen LogP contribution < -0.4 is 21.3 Å². The van der Waals surface area contributed by atoms with Crippen molar-refractivity contribution in [1.29, 1.82) is 0 Å². The van der Waals surface area contributed by atoms with Crippen molar-refractivity contribution in [3.63, 3.8) is 0 Å². The molecule has 1 saturated heterocycles. The van der Waals surface area contributed by atoms with Crippen LogP contribution in [0.4, 0.5) is 4.39 Å². The zero-order valence-corrected chi connectivity index (χ0v) is 24.0. The standard InChI is InChI=1S/C27H31FN6O6S/c1-16-22-23(36)33(27(2)8-7-21(35)29-15-27)26(37)32(25(22)41-24(16)34-30-9-10-31-34)14-20(40-12-11-38-3)18-13-17(28)5-6-19(18)39-4/h5-6,9-10,13,20H,7-8,11-12,14-15H2,1-4H3,(H,29,35)/t20-,27-/m0/s1. The zero-order chi connectivity index (χ0) is 29.3. The fourth-order valence-corrected chi connectivity index (χ4v) is 6.38. The van der Waals surface area contributed by atoms with E-state index >= 15 is 0 Å². The highest BCUT2D eigenvalue weighted by atomic mass is 32.1. The molecule has 4 heterocycles. The number of halogens is 1. The predicted octanol–water partition coefficient (Wildman–Crippen LogP) is 2.29. The van der Waals surface area contributed by atoms with Gasteiger partial charge >= 0.3 is 5.69 Å². The highest BCUT2D eigenvalue weighted by molar-refractivity contribution is 7.21. The second-order valence-electron chi connectivity index (χ2n) is 10.1. The first-order valence-corrected chi connectivity index (χ1v) is 13.9. The first-order valence-electron chi connectivity index (χ1n) is 13.1. The van der Waals surface area contributed by atoms with Crippen LogP contribution >= 0.6 is 11.3 Å². The Balaban J connectivity index is 1.75. The number of methoxy groups -OCH3 is 2. The van der Waals surface area contributed by atoms with Gasteiger partial charge in [-0.15, -0.1) is 4.80 Å². The Bertz CT molecular complexity index is 1690. The van der Waals surface area contributed by atoms with E-state index in [1.807, 2.05) is 0 Å². The fraction of sp³-hybridized carbons (Fsp3) is 0.444. The van der Waals surface area contributed by atoms with E-state index in [0.717, 1.165) is 0 Å². The number of hydrogen-bond acceptors (Lipinski definition) is 9. The minimum atomic E-state index is -0.973. The number of amides is 1. The van der Waals surface area contributed by atoms with Gasteiger partial charge in [-0.2, -0.15) is 10.2 Å². The maximum absolute atomic E-state index is 14.5. The van der Waals surface area contributed by atoms with E-state index in [2.05, 4.69) is 15.5 Å². The number of hydrogen-bond donors (Lipinski definition) is 1. The van der Waals surface area contributed by atoms with Crippen molar-refractivity contribution in [3.05, 3.63) is 68.4 Å². The van der Waals surface area contributed by atoms with Gasteiger partial charge in [0.05, 0.1) is 50.2 Å². The number of piperidine rings is 1. The van der Waals surface area contributed by atoms with Gasteiger partial charge in [0.2, 0.25) is 5.91 Å². The largest absolute Gasteiger partial charge is 0.496 e. The molecule has 1 aromatic carbocycles. The summed E-state index contributed by atoms with van der Waals surface area (Å²) in [7, 11) is 3.01. The van der Waals surface area contributed by atoms with Crippen LogP contribution in [0.1, 0.15) is 37.0 Å². The van der Waals surface area contributed by atoms with Crippen molar-refractivity contribution in [2.75, 3.05) is 34.0 Å². The highest BCUT2D eigenvalue weighted by Gasteiger charge is 2.37. The fourth-order valence-electron chi connectivity index (χ4n) is 5.16. The third-order valence-corrected chi connectivity index (χ3v) is 8.66. The summed E-state index contributed by atoms with van der Waals surface area (Å²) in [6.45, 7) is 4.05. The van der Waals surface area contributed by atoms with Crippen molar-refractivity contribution >= 4 is 27.5 Å². The lowest BCUT2D eigenvalue weighted by Gasteiger charge is -2.35. The van der Waals surface area contributed by atoms with Crippen molar-refractivity contribution < 1.29 is 23.4 Å². The SMILES string of the molecule is COCCO[C@@H](Cn1c(=O)n([C@@]2(C)CCC(=O)NC2)c(=O)c2c(C)c(-n3nccn3)sc21)c1cc(F)ccc1OC. The summed E-state index contributed by atoms with van der Waals surface area (Å²) < 4.78 is 34.0. The smallest absolute Gasteiger partial charge is 0.332 e. The minimum absolute atomic E-state index is 0.0620. The van der Waals surface area contributed by atoms with Crippen LogP contribution in [0.25, 0.3) is 15.2 Å². The number of carbonyl (C=O) groups is 1. The lowest BCUT2D eigenvalue weighted by Crippen LogP contribution is -2.57. The molecule has 1 aliphatic rings. The Hall–Kier alpha value is -3.88. The van der Waals surface area contributed by atoms with Gasteiger partial charge in [-0.3, -0.25) is 18.7 Å². The summed E-state index contributed by atoms with van der Waals surface area (Å²) in [6, 6.07) is 4.09. The molecule has 4 aromatic rings. The van der Waals surface area contributed by atoms with Gasteiger partial charge in [0.1, 0.15) is 27.5 Å². The maximum Gasteiger partial charge on any atom is 0.332 e. The highest BCUT2D eigenvalue weighted by Crippen LogP contribution is 2.34. The van der Waals surface area contributed by atoms with Crippen molar-refractivity contribution in [1.82, 2.24) is 29.4 Å². The van der Waals surface area contributed by atoms with E-state index in [4.69, 9.17) is 14.2 Å². The van der Waals surface area contributed by atoms with Crippen LogP contribution in [-0.4, -0.2) is 64.0 Å². The van der Waals surface area contributed by atoms with Crippen LogP contribution in [0.5, 0.6) is 5.75 Å². The van der Waals surface area contributed by atoms with Crippen LogP contribution in [0, 0.1) is 12.7 Å². The molecule has 0 spiro atoms. The molecule has 0 radical (unpaired) electrons. The second-order valence-corrected chi connectivity index (χ2v) is 11.1. The molecule has 41 heavy (non-hydrogen) atoms. The molecule has 2 atom stereocenters. The number of nitrogens with zero attached hydrogens (tertiary/aromatic N) is 5. The molecule has 12 nitrogen and oxygen atoms in total. The Morgan fingerprint density at radius 2 is 1.93 bits per heavy atom. The number of rotatable bonds is 10. The molecule has 1 amide bonds. The summed E-state index contributed by atoms with van der Waals surface area (Å²) >= 11 is 1.20. The minimum Gasteiger partial charge on any atom is -0.496 e. The van der Waals surface area contributed by atoms with Gasteiger partial charge in [0, 0.05) is 31.2 Å². The van der Waals surface area contributed by atoms with Crippen LogP contribution in [0.3, 0.4) is 0 Å². The Morgan fingerprint density at radius 1 is 1.17 bits per heavy atom. The molecule has 0 saturated carbocycles. The number of aromatic nitrogens is 5. The van der Waals surface area contributed by atoms with Crippen molar-refractivity contribution in [2.24, 2.45) is 0 Å². The summed E-state index contributed by atoms with van der Waals surface area (Å²) in [6.07, 6.45) is 2.69. The van der Waals surface area contributed by atoms with Gasteiger partial charge in [0.15, 0.2) is 0 Å². The van der Waals surface area contributed by atoms with Crippen molar-refractivity contribution in [3.8, 4) is 10.8 Å². The summed E-state index contributed by atoms with van der Waals surface area (Å²) in [5.41, 5.74) is -0.998. The summed E-state index contributed by atoms with van der Waals surface area (Å²) in [5.74, 6) is -0.245. The Labute approximate surface area is 238 Å². The first kappa shape index (κ1) is 28.6. The molecule has 0 unspecified atom stereocenters. The topological polar surface area (TPSA) is 132 Å². The number of carbonyl (C=O) groups excluding carboxylic acids is 1. The number of nitrogens with one attached hydrogen (secondary N) is 1. The van der Waals surface area contributed by atoms with Crippen LogP contribution in [0.2, 0.25) is 0 Å². The van der Waals surface area contributed by atoms with E-state index in [1.54, 1.807) is 13.8 Å². The quantitative estimate of drug-likeness (QED) is 0.280. The molecule has 0 aliphatic carbocycles. The second kappa shape index (κ2) is 11.5. The Morgan fingerprint density at radius 3 is 2.59 bits per heavy atom. The van der Waals surface area contributed by atoms with E-state index < -0.39 is 28.7 Å². The van der Waals surface area contributed by atoms with E-state index in [0.29, 0.717) is 38.5 Å². The van der Waals surface area contributed by atoms with Gasteiger partial charge < -0.3 is 19.5 Å². The molecule has 1 N–H and O–H groups in total. The van der Waals surface area contributed by atoms with E-state index in [1.165, 1.54) is 70.1 Å². The van der Waals surface area contributed by atoms with Crippen LogP contribution in [0.15, 0.2) is 40.2 Å². The molecule has 5 rings (SSSR count). The first-order chi connectivity index (χ1) is 19.7. The molecule has 14 heteroatoms. The predicted molar refractivity (Wildman–Crippen MR) is 149 cm³/mol. The number of ether oxygens (including phenoxy) is 3. The molecular formula is C27H31FN6O6S. The van der Waals surface area contributed by atoms with Gasteiger partial charge in [-0.1, -0.05) is 11.3 Å². The number of aryl methyl sites for hydroxylation is 1. The average molecular weight is 587 g/mol. The van der Waals surface area contributed by atoms with E-state index in [-0.39, 0.29) is 38.6 Å². The van der Waals surface area contributed by atoms with Gasteiger partial charge in [-0.25, -0.2) is 9.18 Å². The van der Waals surface area contributed by atoms with E-state index in [9.17, 15) is 18.8 Å². The Kier molecular flexibility index (Phi) is 8.07. The zero-order valence-electron chi connectivity index (χ0n) is 23.2. The lowest BCUT2D eigenvalue weighted by molar-refractivity contribution is -0.124. The third kappa shape index (κ3) is 5.29. The number of thiophene rings is 1. The third-order valence-electron chi connectivity index (χ3n) is 7.38. The molecule has 0 bridgehead atoms. The average Bonchev–Trinajstić information content (AvgIpc) is 3.60. The molecule has 218 valence electrons. The lowest BCUT2D eigenvalue weighted by atomic mass is 9.91. The molecule has 1 fully saturated rings. The normalized spacial score (nSPS) is 18.0. The molecular weight excluding hydrogens is 555 g/mol. The molecule has 1 aliphatic heterocycles. The van der Waals surface area contributed by atoms with Gasteiger partial charge in [-0.05, 0) is 38.5 Å². The monoisotopic (exact) mass is 586 g/mol. The van der Waals surface area contributed by atoms with Crippen LogP contribution in [-0.2, 0) is 26.4 Å².